The molecule has 126 valence electrons. The van der Waals surface area contributed by atoms with Crippen LogP contribution in [0.4, 0.5) is 16.2 Å². The van der Waals surface area contributed by atoms with Crippen LogP contribution in [0.2, 0.25) is 0 Å². The van der Waals surface area contributed by atoms with Crippen LogP contribution in [0.15, 0.2) is 53.4 Å². The van der Waals surface area contributed by atoms with Crippen molar-refractivity contribution in [2.45, 2.75) is 0 Å². The van der Waals surface area contributed by atoms with Crippen LogP contribution in [0.25, 0.3) is 6.08 Å². The number of carbonyl (C=O) groups excluding carboxylic acids is 2. The van der Waals surface area contributed by atoms with Gasteiger partial charge in [-0.2, -0.15) is 0 Å². The van der Waals surface area contributed by atoms with Gasteiger partial charge in [-0.3, -0.25) is 19.7 Å². The molecule has 1 aliphatic heterocycles. The van der Waals surface area contributed by atoms with Crippen LogP contribution < -0.4 is 9.64 Å². The Morgan fingerprint density at radius 2 is 1.92 bits per heavy atom. The Balaban J connectivity index is 1.96. The van der Waals surface area contributed by atoms with Gasteiger partial charge >= 0.3 is 0 Å². The van der Waals surface area contributed by atoms with Gasteiger partial charge in [-0.05, 0) is 35.5 Å². The summed E-state index contributed by atoms with van der Waals surface area (Å²) in [5.41, 5.74) is 0.743. The Hall–Kier alpha value is -3.13. The van der Waals surface area contributed by atoms with Gasteiger partial charge in [0.1, 0.15) is 5.75 Å². The number of nitrogens with zero attached hydrogens (tertiary/aromatic N) is 2. The molecule has 0 bridgehead atoms. The molecular weight excluding hydrogens is 344 g/mol. The van der Waals surface area contributed by atoms with Crippen molar-refractivity contribution in [2.75, 3.05) is 12.0 Å². The van der Waals surface area contributed by atoms with E-state index in [2.05, 4.69) is 0 Å². The molecule has 0 saturated carbocycles. The van der Waals surface area contributed by atoms with E-state index in [-0.39, 0.29) is 10.6 Å². The lowest BCUT2D eigenvalue weighted by Crippen LogP contribution is -2.28. The van der Waals surface area contributed by atoms with E-state index in [1.165, 1.54) is 31.4 Å². The number of methoxy groups -OCH3 is 1. The fourth-order valence-electron chi connectivity index (χ4n) is 2.37. The number of rotatable bonds is 4. The van der Waals surface area contributed by atoms with Gasteiger partial charge in [0.2, 0.25) is 0 Å². The van der Waals surface area contributed by atoms with Gasteiger partial charge in [0.05, 0.1) is 22.6 Å². The van der Waals surface area contributed by atoms with Crippen LogP contribution in [0, 0.1) is 10.1 Å². The molecule has 1 aliphatic rings. The molecule has 2 aromatic carbocycles. The average molecular weight is 356 g/mol. The quantitative estimate of drug-likeness (QED) is 0.470. The number of hydrogen-bond donors (Lipinski definition) is 0. The van der Waals surface area contributed by atoms with Crippen LogP contribution in [-0.2, 0) is 4.79 Å². The number of benzene rings is 2. The molecule has 25 heavy (non-hydrogen) atoms. The van der Waals surface area contributed by atoms with E-state index in [0.717, 1.165) is 16.7 Å². The normalized spacial score (nSPS) is 15.7. The molecule has 0 aromatic heterocycles. The minimum absolute atomic E-state index is 0.0855. The number of non-ortho nitro benzene ring substituents is 1. The first-order valence-corrected chi connectivity index (χ1v) is 7.98. The molecule has 1 saturated heterocycles. The summed E-state index contributed by atoms with van der Waals surface area (Å²) in [6.45, 7) is 0. The zero-order valence-corrected chi connectivity index (χ0v) is 13.9. The molecule has 7 nitrogen and oxygen atoms in total. The molecule has 0 radical (unpaired) electrons. The third kappa shape index (κ3) is 3.24. The second-order valence-corrected chi connectivity index (χ2v) is 6.03. The highest BCUT2D eigenvalue weighted by Gasteiger charge is 2.37. The Bertz CT molecular complexity index is 909. The van der Waals surface area contributed by atoms with Crippen molar-refractivity contribution in [3.8, 4) is 5.75 Å². The maximum absolute atomic E-state index is 12.6. The predicted molar refractivity (Wildman–Crippen MR) is 94.5 cm³/mol. The van der Waals surface area contributed by atoms with Crippen LogP contribution in [-0.4, -0.2) is 23.2 Å². The fraction of sp³-hybridized carbons (Fsp3) is 0.0588. The highest BCUT2D eigenvalue weighted by molar-refractivity contribution is 8.19. The average Bonchev–Trinajstić information content (AvgIpc) is 2.88. The Kier molecular flexibility index (Phi) is 4.53. The number of amides is 2. The van der Waals surface area contributed by atoms with Gasteiger partial charge in [0.25, 0.3) is 16.8 Å². The number of carbonyl (C=O) groups is 2. The number of imide groups is 1. The fourth-order valence-corrected chi connectivity index (χ4v) is 3.20. The molecule has 0 unspecified atom stereocenters. The van der Waals surface area contributed by atoms with E-state index in [9.17, 15) is 19.7 Å². The van der Waals surface area contributed by atoms with Crippen molar-refractivity contribution < 1.29 is 19.2 Å². The second-order valence-electron chi connectivity index (χ2n) is 5.04. The number of para-hydroxylation sites is 2. The zero-order chi connectivity index (χ0) is 18.0. The molecule has 1 heterocycles. The SMILES string of the molecule is COc1ccccc1N1C(=O)S/C(=C\c2cccc([N+](=O)[O-])c2)C1=O. The molecule has 0 spiro atoms. The molecule has 2 aromatic rings. The maximum Gasteiger partial charge on any atom is 0.298 e. The molecule has 8 heteroatoms. The molecule has 0 atom stereocenters. The van der Waals surface area contributed by atoms with Crippen molar-refractivity contribution in [2.24, 2.45) is 0 Å². The summed E-state index contributed by atoms with van der Waals surface area (Å²) >= 11 is 0.778. The molecule has 1 fully saturated rings. The summed E-state index contributed by atoms with van der Waals surface area (Å²) in [7, 11) is 1.46. The molecular formula is C17H12N2O5S. The van der Waals surface area contributed by atoms with E-state index in [4.69, 9.17) is 4.74 Å². The lowest BCUT2D eigenvalue weighted by molar-refractivity contribution is -0.384. The maximum atomic E-state index is 12.6. The Morgan fingerprint density at radius 1 is 1.16 bits per heavy atom. The van der Waals surface area contributed by atoms with E-state index in [1.807, 2.05) is 0 Å². The second kappa shape index (κ2) is 6.78. The molecule has 3 rings (SSSR count). The van der Waals surface area contributed by atoms with Gasteiger partial charge in [-0.25, -0.2) is 4.90 Å². The van der Waals surface area contributed by atoms with Gasteiger partial charge in [0.15, 0.2) is 0 Å². The van der Waals surface area contributed by atoms with Crippen LogP contribution in [0.1, 0.15) is 5.56 Å². The predicted octanol–water partition coefficient (Wildman–Crippen LogP) is 3.84. The number of ether oxygens (including phenoxy) is 1. The van der Waals surface area contributed by atoms with E-state index in [0.29, 0.717) is 17.0 Å². The third-order valence-electron chi connectivity index (χ3n) is 3.50. The summed E-state index contributed by atoms with van der Waals surface area (Å²) in [4.78, 5) is 36.5. The number of nitro benzene ring substituents is 1. The third-order valence-corrected chi connectivity index (χ3v) is 4.37. The van der Waals surface area contributed by atoms with Gasteiger partial charge in [-0.1, -0.05) is 24.3 Å². The summed E-state index contributed by atoms with van der Waals surface area (Å²) in [6, 6.07) is 12.6. The highest BCUT2D eigenvalue weighted by Crippen LogP contribution is 2.39. The standard InChI is InChI=1S/C17H12N2O5S/c1-24-14-8-3-2-7-13(14)18-16(20)15(25-17(18)21)10-11-5-4-6-12(9-11)19(22)23/h2-10H,1H3/b15-10-. The smallest absolute Gasteiger partial charge is 0.298 e. The van der Waals surface area contributed by atoms with E-state index < -0.39 is 16.1 Å². The van der Waals surface area contributed by atoms with Crippen molar-refractivity contribution in [3.05, 3.63) is 69.1 Å². The number of nitro groups is 1. The van der Waals surface area contributed by atoms with Crippen LogP contribution in [0.3, 0.4) is 0 Å². The summed E-state index contributed by atoms with van der Waals surface area (Å²) in [5.74, 6) is -0.0904. The van der Waals surface area contributed by atoms with Crippen molar-refractivity contribution in [3.63, 3.8) is 0 Å². The summed E-state index contributed by atoms with van der Waals surface area (Å²) in [6.07, 6.45) is 1.47. The summed E-state index contributed by atoms with van der Waals surface area (Å²) < 4.78 is 5.20. The first kappa shape index (κ1) is 16.7. The number of hydrogen-bond acceptors (Lipinski definition) is 6. The molecule has 0 N–H and O–H groups in total. The first-order chi connectivity index (χ1) is 12.0. The number of anilines is 1. The van der Waals surface area contributed by atoms with Gasteiger partial charge in [0, 0.05) is 12.1 Å². The minimum Gasteiger partial charge on any atom is -0.495 e. The molecule has 0 aliphatic carbocycles. The zero-order valence-electron chi connectivity index (χ0n) is 13.0. The molecule has 2 amide bonds. The minimum atomic E-state index is -0.516. The van der Waals surface area contributed by atoms with Crippen LogP contribution in [0.5, 0.6) is 5.75 Å². The Morgan fingerprint density at radius 3 is 2.64 bits per heavy atom. The van der Waals surface area contributed by atoms with Crippen molar-refractivity contribution in [1.82, 2.24) is 0 Å². The van der Waals surface area contributed by atoms with Crippen molar-refractivity contribution >= 4 is 40.4 Å². The monoisotopic (exact) mass is 356 g/mol. The van der Waals surface area contributed by atoms with Crippen LogP contribution >= 0.6 is 11.8 Å². The topological polar surface area (TPSA) is 89.8 Å². The lowest BCUT2D eigenvalue weighted by Gasteiger charge is -2.15. The van der Waals surface area contributed by atoms with E-state index in [1.54, 1.807) is 30.3 Å². The lowest BCUT2D eigenvalue weighted by atomic mass is 10.2. The first-order valence-electron chi connectivity index (χ1n) is 7.16. The van der Waals surface area contributed by atoms with Crippen molar-refractivity contribution in [1.29, 1.82) is 0 Å². The van der Waals surface area contributed by atoms with E-state index >= 15 is 0 Å². The number of thioether (sulfide) groups is 1. The Labute approximate surface area is 147 Å². The highest BCUT2D eigenvalue weighted by atomic mass is 32.2. The van der Waals surface area contributed by atoms with Gasteiger partial charge < -0.3 is 4.74 Å². The largest absolute Gasteiger partial charge is 0.495 e. The summed E-state index contributed by atoms with van der Waals surface area (Å²) in [5, 5.41) is 10.4. The van der Waals surface area contributed by atoms with Gasteiger partial charge in [-0.15, -0.1) is 0 Å².